The molecule has 0 bridgehead atoms. The van der Waals surface area contributed by atoms with E-state index >= 15 is 0 Å². The quantitative estimate of drug-likeness (QED) is 0.456. The van der Waals surface area contributed by atoms with E-state index in [1.807, 2.05) is 6.07 Å². The van der Waals surface area contributed by atoms with Crippen LogP contribution in [0.15, 0.2) is 12.1 Å². The van der Waals surface area contributed by atoms with Gasteiger partial charge < -0.3 is 15.2 Å². The van der Waals surface area contributed by atoms with Crippen molar-refractivity contribution in [1.29, 1.82) is 5.26 Å². The van der Waals surface area contributed by atoms with Gasteiger partial charge in [-0.2, -0.15) is 5.26 Å². The van der Waals surface area contributed by atoms with Crippen LogP contribution in [0.1, 0.15) is 18.4 Å². The molecule has 0 amide bonds. The number of rotatable bonds is 7. The number of ether oxygens (including phenoxy) is 2. The van der Waals surface area contributed by atoms with Gasteiger partial charge in [-0.15, -0.1) is 0 Å². The van der Waals surface area contributed by atoms with Crippen molar-refractivity contribution in [2.45, 2.75) is 19.4 Å². The smallest absolute Gasteiger partial charge is 0.277 e. The molecule has 1 aromatic carbocycles. The van der Waals surface area contributed by atoms with Gasteiger partial charge >= 0.3 is 0 Å². The van der Waals surface area contributed by atoms with Crippen molar-refractivity contribution < 1.29 is 14.4 Å². The van der Waals surface area contributed by atoms with Gasteiger partial charge in [-0.3, -0.25) is 10.1 Å². The number of methoxy groups -OCH3 is 1. The van der Waals surface area contributed by atoms with Gasteiger partial charge in [-0.25, -0.2) is 0 Å². The molecule has 0 radical (unpaired) electrons. The SMILES string of the molecule is COc1cc(CN)c([N+](=O)[O-])cc1OCCCC#N. The Morgan fingerprint density at radius 1 is 1.47 bits per heavy atom. The molecule has 0 heterocycles. The largest absolute Gasteiger partial charge is 0.493 e. The van der Waals surface area contributed by atoms with Crippen LogP contribution in [0.3, 0.4) is 0 Å². The van der Waals surface area contributed by atoms with Crippen LogP contribution < -0.4 is 15.2 Å². The molecule has 2 N–H and O–H groups in total. The van der Waals surface area contributed by atoms with Gasteiger partial charge in [-0.05, 0) is 12.5 Å². The molecule has 0 spiro atoms. The highest BCUT2D eigenvalue weighted by molar-refractivity contribution is 5.54. The van der Waals surface area contributed by atoms with E-state index in [2.05, 4.69) is 0 Å². The van der Waals surface area contributed by atoms with Crippen molar-refractivity contribution in [2.75, 3.05) is 13.7 Å². The molecule has 7 heteroatoms. The lowest BCUT2D eigenvalue weighted by Crippen LogP contribution is -2.05. The molecule has 0 aliphatic rings. The first-order valence-corrected chi connectivity index (χ1v) is 5.69. The van der Waals surface area contributed by atoms with E-state index in [-0.39, 0.29) is 18.0 Å². The number of hydrogen-bond acceptors (Lipinski definition) is 6. The monoisotopic (exact) mass is 265 g/mol. The first kappa shape index (κ1) is 14.7. The predicted octanol–water partition coefficient (Wildman–Crippen LogP) is 1.74. The molecule has 0 unspecified atom stereocenters. The molecule has 0 fully saturated rings. The molecule has 19 heavy (non-hydrogen) atoms. The van der Waals surface area contributed by atoms with Gasteiger partial charge in [0.25, 0.3) is 5.69 Å². The van der Waals surface area contributed by atoms with Crippen LogP contribution in [0.4, 0.5) is 5.69 Å². The summed E-state index contributed by atoms with van der Waals surface area (Å²) in [4.78, 5) is 10.4. The minimum Gasteiger partial charge on any atom is -0.493 e. The normalized spacial score (nSPS) is 9.74. The van der Waals surface area contributed by atoms with Crippen LogP contribution in [-0.2, 0) is 6.54 Å². The number of nitro benzene ring substituents is 1. The van der Waals surface area contributed by atoms with E-state index in [1.165, 1.54) is 19.2 Å². The average molecular weight is 265 g/mol. The number of nitro groups is 1. The van der Waals surface area contributed by atoms with Crippen LogP contribution >= 0.6 is 0 Å². The van der Waals surface area contributed by atoms with E-state index in [0.717, 1.165) is 0 Å². The standard InChI is InChI=1S/C12H15N3O4/c1-18-11-6-9(8-14)10(15(16)17)7-12(11)19-5-3-2-4-13/h6-7H,2-3,5,8,14H2,1H3. The van der Waals surface area contributed by atoms with Crippen LogP contribution in [0.2, 0.25) is 0 Å². The minimum absolute atomic E-state index is 0.0430. The number of benzene rings is 1. The van der Waals surface area contributed by atoms with Crippen molar-refractivity contribution in [3.63, 3.8) is 0 Å². The van der Waals surface area contributed by atoms with Crippen LogP contribution in [0.5, 0.6) is 11.5 Å². The summed E-state index contributed by atoms with van der Waals surface area (Å²) < 4.78 is 10.5. The summed E-state index contributed by atoms with van der Waals surface area (Å²) in [7, 11) is 1.45. The molecule has 0 saturated heterocycles. The summed E-state index contributed by atoms with van der Waals surface area (Å²) in [6, 6.07) is 4.79. The third kappa shape index (κ3) is 3.82. The second kappa shape index (κ2) is 7.18. The fraction of sp³-hybridized carbons (Fsp3) is 0.417. The molecule has 0 saturated carbocycles. The average Bonchev–Trinajstić information content (AvgIpc) is 2.42. The number of unbranched alkanes of at least 4 members (excludes halogenated alkanes) is 1. The third-order valence-electron chi connectivity index (χ3n) is 2.47. The van der Waals surface area contributed by atoms with Crippen molar-refractivity contribution in [1.82, 2.24) is 0 Å². The predicted molar refractivity (Wildman–Crippen MR) is 67.9 cm³/mol. The number of nitrogens with zero attached hydrogens (tertiary/aromatic N) is 2. The molecule has 102 valence electrons. The second-order valence-electron chi connectivity index (χ2n) is 3.70. The summed E-state index contributed by atoms with van der Waals surface area (Å²) in [6.45, 7) is 0.338. The summed E-state index contributed by atoms with van der Waals surface area (Å²) in [5, 5.41) is 19.3. The van der Waals surface area contributed by atoms with Crippen LogP contribution in [0, 0.1) is 21.4 Å². The Morgan fingerprint density at radius 2 is 2.21 bits per heavy atom. The maximum absolute atomic E-state index is 10.9. The Balaban J connectivity index is 2.98. The topological polar surface area (TPSA) is 111 Å². The van der Waals surface area contributed by atoms with E-state index in [9.17, 15) is 10.1 Å². The van der Waals surface area contributed by atoms with Crippen LogP contribution in [0.25, 0.3) is 0 Å². The summed E-state index contributed by atoms with van der Waals surface area (Å²) in [6.07, 6.45) is 0.914. The lowest BCUT2D eigenvalue weighted by molar-refractivity contribution is -0.385. The van der Waals surface area contributed by atoms with Gasteiger partial charge in [0.2, 0.25) is 0 Å². The first-order chi connectivity index (χ1) is 9.13. The first-order valence-electron chi connectivity index (χ1n) is 5.69. The van der Waals surface area contributed by atoms with Gasteiger partial charge in [0.05, 0.1) is 30.8 Å². The molecule has 0 aromatic heterocycles. The molecule has 0 aliphatic heterocycles. The molecule has 0 aliphatic carbocycles. The van der Waals surface area contributed by atoms with Crippen LogP contribution in [-0.4, -0.2) is 18.6 Å². The number of hydrogen-bond donors (Lipinski definition) is 1. The maximum atomic E-state index is 10.9. The zero-order valence-electron chi connectivity index (χ0n) is 10.6. The highest BCUT2D eigenvalue weighted by Crippen LogP contribution is 2.34. The van der Waals surface area contributed by atoms with Gasteiger partial charge in [0.1, 0.15) is 0 Å². The summed E-state index contributed by atoms with van der Waals surface area (Å²) >= 11 is 0. The van der Waals surface area contributed by atoms with Crippen molar-refractivity contribution >= 4 is 5.69 Å². The molecule has 0 atom stereocenters. The Morgan fingerprint density at radius 3 is 2.74 bits per heavy atom. The molecule has 1 rings (SSSR count). The van der Waals surface area contributed by atoms with Crippen molar-refractivity contribution in [2.24, 2.45) is 5.73 Å². The molecule has 7 nitrogen and oxygen atoms in total. The Bertz CT molecular complexity index is 496. The highest BCUT2D eigenvalue weighted by atomic mass is 16.6. The fourth-order valence-corrected chi connectivity index (χ4v) is 1.53. The van der Waals surface area contributed by atoms with E-state index in [4.69, 9.17) is 20.5 Å². The zero-order chi connectivity index (χ0) is 14.3. The maximum Gasteiger partial charge on any atom is 0.277 e. The summed E-state index contributed by atoms with van der Waals surface area (Å²) in [5.41, 5.74) is 5.75. The Kier molecular flexibility index (Phi) is 5.57. The highest BCUT2D eigenvalue weighted by Gasteiger charge is 2.18. The third-order valence-corrected chi connectivity index (χ3v) is 2.47. The second-order valence-corrected chi connectivity index (χ2v) is 3.70. The van der Waals surface area contributed by atoms with E-state index in [1.54, 1.807) is 0 Å². The Hall–Kier alpha value is -2.33. The molecule has 1 aromatic rings. The lowest BCUT2D eigenvalue weighted by Gasteiger charge is -2.11. The van der Waals surface area contributed by atoms with Gasteiger partial charge in [0.15, 0.2) is 11.5 Å². The van der Waals surface area contributed by atoms with Gasteiger partial charge in [0, 0.05) is 18.5 Å². The number of nitrogens with two attached hydrogens (primary N) is 1. The number of nitriles is 1. The van der Waals surface area contributed by atoms with Gasteiger partial charge in [-0.1, -0.05) is 0 Å². The fourth-order valence-electron chi connectivity index (χ4n) is 1.53. The van der Waals surface area contributed by atoms with Crippen molar-refractivity contribution in [3.8, 4) is 17.6 Å². The van der Waals surface area contributed by atoms with E-state index in [0.29, 0.717) is 30.8 Å². The lowest BCUT2D eigenvalue weighted by atomic mass is 10.1. The minimum atomic E-state index is -0.510. The molecular weight excluding hydrogens is 250 g/mol. The summed E-state index contributed by atoms with van der Waals surface area (Å²) in [5.74, 6) is 0.673. The van der Waals surface area contributed by atoms with E-state index < -0.39 is 4.92 Å². The zero-order valence-corrected chi connectivity index (χ0v) is 10.6. The molecular formula is C12H15N3O4. The van der Waals surface area contributed by atoms with Crippen molar-refractivity contribution in [3.05, 3.63) is 27.8 Å². The Labute approximate surface area is 110 Å².